The number of pyridine rings is 1. The number of carbonyl (C=O) groups is 1. The highest BCUT2D eigenvalue weighted by atomic mass is 35.5. The Hall–Kier alpha value is -1.17. The van der Waals surface area contributed by atoms with E-state index in [9.17, 15) is 4.79 Å². The summed E-state index contributed by atoms with van der Waals surface area (Å²) in [4.78, 5) is 15.2. The summed E-state index contributed by atoms with van der Waals surface area (Å²) in [5.74, 6) is 4.65. The number of aromatic nitrogens is 1. The maximum atomic E-state index is 11.1. The molecule has 0 aliphatic heterocycles. The van der Waals surface area contributed by atoms with Gasteiger partial charge in [-0.2, -0.15) is 0 Å². The summed E-state index contributed by atoms with van der Waals surface area (Å²) in [6, 6.07) is 3.37. The predicted molar refractivity (Wildman–Crippen MR) is 55.8 cm³/mol. The maximum absolute atomic E-state index is 11.1. The number of nitrogens with two attached hydrogens (primary N) is 2. The standard InChI is InChI=1S/C8H12N4O.ClH/c1-5-7(8(13)12-10)3-2-6(4-9)11-5;/h2-3H,4,9-10H2,1H3,(H,12,13);1H. The van der Waals surface area contributed by atoms with E-state index in [2.05, 4.69) is 4.98 Å². The van der Waals surface area contributed by atoms with Gasteiger partial charge in [-0.05, 0) is 19.1 Å². The number of hydrogen-bond donors (Lipinski definition) is 3. The fourth-order valence-electron chi connectivity index (χ4n) is 1.04. The molecule has 78 valence electrons. The molecule has 0 atom stereocenters. The minimum Gasteiger partial charge on any atom is -0.325 e. The molecule has 0 saturated carbocycles. The number of halogens is 1. The zero-order valence-electron chi connectivity index (χ0n) is 7.78. The minimum absolute atomic E-state index is 0. The Bertz CT molecular complexity index is 329. The van der Waals surface area contributed by atoms with E-state index in [0.717, 1.165) is 5.69 Å². The van der Waals surface area contributed by atoms with Gasteiger partial charge in [-0.3, -0.25) is 15.2 Å². The summed E-state index contributed by atoms with van der Waals surface area (Å²) in [7, 11) is 0. The number of aryl methyl sites for hydroxylation is 1. The lowest BCUT2D eigenvalue weighted by Crippen LogP contribution is -2.30. The van der Waals surface area contributed by atoms with Crippen molar-refractivity contribution in [2.75, 3.05) is 0 Å². The molecule has 0 bridgehead atoms. The molecule has 0 aliphatic rings. The average Bonchev–Trinajstić information content (AvgIpc) is 2.16. The van der Waals surface area contributed by atoms with E-state index in [1.165, 1.54) is 0 Å². The summed E-state index contributed by atoms with van der Waals surface area (Å²) < 4.78 is 0. The third-order valence-electron chi connectivity index (χ3n) is 1.73. The molecule has 0 aliphatic carbocycles. The first-order valence-electron chi connectivity index (χ1n) is 3.86. The van der Waals surface area contributed by atoms with Crippen LogP contribution in [0.4, 0.5) is 0 Å². The van der Waals surface area contributed by atoms with Crippen LogP contribution in [-0.4, -0.2) is 10.9 Å². The van der Waals surface area contributed by atoms with Crippen LogP contribution in [0.5, 0.6) is 0 Å². The second-order valence-corrected chi connectivity index (χ2v) is 2.61. The molecule has 0 unspecified atom stereocenters. The molecular weight excluding hydrogens is 204 g/mol. The van der Waals surface area contributed by atoms with Crippen LogP contribution < -0.4 is 17.0 Å². The van der Waals surface area contributed by atoms with Gasteiger partial charge in [0.1, 0.15) is 0 Å². The molecular formula is C8H13ClN4O. The van der Waals surface area contributed by atoms with Crippen LogP contribution in [0, 0.1) is 6.92 Å². The van der Waals surface area contributed by atoms with E-state index in [1.54, 1.807) is 19.1 Å². The highest BCUT2D eigenvalue weighted by Crippen LogP contribution is 2.05. The van der Waals surface area contributed by atoms with Crippen molar-refractivity contribution in [3.63, 3.8) is 0 Å². The summed E-state index contributed by atoms with van der Waals surface area (Å²) in [5, 5.41) is 0. The lowest BCUT2D eigenvalue weighted by atomic mass is 10.2. The van der Waals surface area contributed by atoms with Crippen molar-refractivity contribution in [1.82, 2.24) is 10.4 Å². The van der Waals surface area contributed by atoms with E-state index < -0.39 is 0 Å². The van der Waals surface area contributed by atoms with Gasteiger partial charge >= 0.3 is 0 Å². The van der Waals surface area contributed by atoms with E-state index >= 15 is 0 Å². The lowest BCUT2D eigenvalue weighted by molar-refractivity contribution is 0.0952. The van der Waals surface area contributed by atoms with Gasteiger partial charge in [0.15, 0.2) is 0 Å². The fourth-order valence-corrected chi connectivity index (χ4v) is 1.04. The largest absolute Gasteiger partial charge is 0.325 e. The van der Waals surface area contributed by atoms with Crippen LogP contribution in [0.15, 0.2) is 12.1 Å². The number of hydrazine groups is 1. The summed E-state index contributed by atoms with van der Waals surface area (Å²) >= 11 is 0. The van der Waals surface area contributed by atoms with Crippen molar-refractivity contribution >= 4 is 18.3 Å². The predicted octanol–water partition coefficient (Wildman–Crippen LogP) is -0.126. The molecule has 5 N–H and O–H groups in total. The lowest BCUT2D eigenvalue weighted by Gasteiger charge is -2.04. The second-order valence-electron chi connectivity index (χ2n) is 2.61. The van der Waals surface area contributed by atoms with Crippen LogP contribution in [0.25, 0.3) is 0 Å². The summed E-state index contributed by atoms with van der Waals surface area (Å²) in [6.45, 7) is 2.11. The Morgan fingerprint density at radius 2 is 2.21 bits per heavy atom. The van der Waals surface area contributed by atoms with Crippen LogP contribution in [-0.2, 0) is 6.54 Å². The van der Waals surface area contributed by atoms with E-state index in [4.69, 9.17) is 11.6 Å². The first kappa shape index (κ1) is 12.8. The zero-order valence-corrected chi connectivity index (χ0v) is 8.60. The fraction of sp³-hybridized carbons (Fsp3) is 0.250. The zero-order chi connectivity index (χ0) is 9.84. The van der Waals surface area contributed by atoms with Crippen LogP contribution >= 0.6 is 12.4 Å². The van der Waals surface area contributed by atoms with Gasteiger partial charge in [0.05, 0.1) is 17.0 Å². The van der Waals surface area contributed by atoms with E-state index in [-0.39, 0.29) is 18.3 Å². The maximum Gasteiger partial charge on any atom is 0.267 e. The Labute approximate surface area is 88.3 Å². The molecule has 14 heavy (non-hydrogen) atoms. The molecule has 5 nitrogen and oxygen atoms in total. The van der Waals surface area contributed by atoms with Gasteiger partial charge in [-0.15, -0.1) is 12.4 Å². The van der Waals surface area contributed by atoms with Gasteiger partial charge in [0.25, 0.3) is 5.91 Å². The number of carbonyl (C=O) groups excluding carboxylic acids is 1. The molecule has 0 radical (unpaired) electrons. The highest BCUT2D eigenvalue weighted by Gasteiger charge is 2.07. The molecule has 0 aromatic carbocycles. The quantitative estimate of drug-likeness (QED) is 0.365. The number of rotatable bonds is 2. The van der Waals surface area contributed by atoms with Gasteiger partial charge in [-0.25, -0.2) is 5.84 Å². The van der Waals surface area contributed by atoms with Crippen LogP contribution in [0.1, 0.15) is 21.7 Å². The monoisotopic (exact) mass is 216 g/mol. The van der Waals surface area contributed by atoms with Crippen LogP contribution in [0.2, 0.25) is 0 Å². The first-order chi connectivity index (χ1) is 6.19. The van der Waals surface area contributed by atoms with Gasteiger partial charge in [0, 0.05) is 6.54 Å². The number of hydrogen-bond acceptors (Lipinski definition) is 4. The molecule has 1 amide bonds. The van der Waals surface area contributed by atoms with Crippen molar-refractivity contribution in [3.05, 3.63) is 29.1 Å². The van der Waals surface area contributed by atoms with Crippen molar-refractivity contribution in [2.24, 2.45) is 11.6 Å². The van der Waals surface area contributed by atoms with Crippen LogP contribution in [0.3, 0.4) is 0 Å². The van der Waals surface area contributed by atoms with Crippen molar-refractivity contribution in [2.45, 2.75) is 13.5 Å². The number of nitrogen functional groups attached to an aromatic ring is 1. The van der Waals surface area contributed by atoms with Gasteiger partial charge in [0.2, 0.25) is 0 Å². The van der Waals surface area contributed by atoms with Gasteiger partial charge < -0.3 is 5.73 Å². The van der Waals surface area contributed by atoms with Crippen molar-refractivity contribution in [3.8, 4) is 0 Å². The molecule has 0 saturated heterocycles. The third kappa shape index (κ3) is 2.66. The average molecular weight is 217 g/mol. The molecule has 6 heteroatoms. The SMILES string of the molecule is Cc1nc(CN)ccc1C(=O)NN.Cl. The normalized spacial score (nSPS) is 9.07. The Morgan fingerprint density at radius 1 is 1.57 bits per heavy atom. The summed E-state index contributed by atoms with van der Waals surface area (Å²) in [5.41, 5.74) is 9.30. The van der Waals surface area contributed by atoms with E-state index in [0.29, 0.717) is 17.8 Å². The first-order valence-corrected chi connectivity index (χ1v) is 3.86. The van der Waals surface area contributed by atoms with Gasteiger partial charge in [-0.1, -0.05) is 0 Å². The van der Waals surface area contributed by atoms with Crippen molar-refractivity contribution < 1.29 is 4.79 Å². The molecule has 1 heterocycles. The minimum atomic E-state index is -0.339. The van der Waals surface area contributed by atoms with Crippen molar-refractivity contribution in [1.29, 1.82) is 0 Å². The molecule has 1 rings (SSSR count). The summed E-state index contributed by atoms with van der Waals surface area (Å²) in [6.07, 6.45) is 0. The third-order valence-corrected chi connectivity index (χ3v) is 1.73. The molecule has 0 fully saturated rings. The topological polar surface area (TPSA) is 94.0 Å². The molecule has 1 aromatic rings. The Balaban J connectivity index is 0.00000169. The smallest absolute Gasteiger partial charge is 0.267 e. The number of amides is 1. The van der Waals surface area contributed by atoms with E-state index in [1.807, 2.05) is 5.43 Å². The second kappa shape index (κ2) is 5.54. The highest BCUT2D eigenvalue weighted by molar-refractivity contribution is 5.94. The Morgan fingerprint density at radius 3 is 2.64 bits per heavy atom. The molecule has 0 spiro atoms. The molecule has 1 aromatic heterocycles. The number of nitrogens with one attached hydrogen (secondary N) is 1. The Kier molecular flexibility index (Phi) is 5.07. The number of nitrogens with zero attached hydrogens (tertiary/aromatic N) is 1.